The molecule has 0 saturated heterocycles. The number of aliphatic hydroxyl groups excluding tert-OH is 1. The van der Waals surface area contributed by atoms with E-state index in [2.05, 4.69) is 30.5 Å². The maximum atomic E-state index is 12.8. The minimum Gasteiger partial charge on any atom is -0.496 e. The molecule has 0 amide bonds. The van der Waals surface area contributed by atoms with Gasteiger partial charge in [0, 0.05) is 28.1 Å². The molecule has 3 aromatic rings. The number of rotatable bonds is 7. The lowest BCUT2D eigenvalue weighted by atomic mass is 9.83. The van der Waals surface area contributed by atoms with Gasteiger partial charge in [-0.25, -0.2) is 8.42 Å². The Bertz CT molecular complexity index is 1400. The summed E-state index contributed by atoms with van der Waals surface area (Å²) in [6.07, 6.45) is 4.15. The van der Waals surface area contributed by atoms with E-state index in [1.165, 1.54) is 0 Å². The molecule has 1 heterocycles. The average Bonchev–Trinajstić information content (AvgIpc) is 2.76. The Hall–Kier alpha value is -3.36. The van der Waals surface area contributed by atoms with Gasteiger partial charge in [0.2, 0.25) is 10.0 Å². The zero-order valence-corrected chi connectivity index (χ0v) is 21.7. The number of aromatic amines is 1. The van der Waals surface area contributed by atoms with Crippen molar-refractivity contribution in [2.75, 3.05) is 18.1 Å². The summed E-state index contributed by atoms with van der Waals surface area (Å²) in [5.74, 6) is 0.713. The van der Waals surface area contributed by atoms with E-state index in [9.17, 15) is 18.3 Å². The van der Waals surface area contributed by atoms with Crippen molar-refractivity contribution < 1.29 is 18.3 Å². The van der Waals surface area contributed by atoms with Crippen LogP contribution in [0.2, 0.25) is 0 Å². The number of methoxy groups -OCH3 is 1. The Morgan fingerprint density at radius 2 is 1.71 bits per heavy atom. The molecule has 1 atom stereocenters. The van der Waals surface area contributed by atoms with Gasteiger partial charge in [0.05, 0.1) is 19.5 Å². The van der Waals surface area contributed by atoms with Crippen LogP contribution in [0.15, 0.2) is 53.3 Å². The molecule has 8 heteroatoms. The molecule has 3 N–H and O–H groups in total. The number of hydrogen-bond donors (Lipinski definition) is 3. The molecule has 35 heavy (non-hydrogen) atoms. The van der Waals surface area contributed by atoms with E-state index in [0.717, 1.165) is 28.5 Å². The molecule has 186 valence electrons. The van der Waals surface area contributed by atoms with Crippen molar-refractivity contribution in [2.24, 2.45) is 0 Å². The summed E-state index contributed by atoms with van der Waals surface area (Å²) in [7, 11) is -1.72. The molecular weight excluding hydrogens is 464 g/mol. The number of benzene rings is 2. The van der Waals surface area contributed by atoms with E-state index >= 15 is 0 Å². The second-order valence-corrected chi connectivity index (χ2v) is 11.3. The topological polar surface area (TPSA) is 108 Å². The lowest BCUT2D eigenvalue weighted by molar-refractivity contribution is 0.194. The zero-order chi connectivity index (χ0) is 26.0. The first-order valence-corrected chi connectivity index (χ1v) is 13.1. The Labute approximate surface area is 206 Å². The minimum atomic E-state index is -3.34. The van der Waals surface area contributed by atoms with Crippen LogP contribution in [0.4, 0.5) is 5.69 Å². The number of ether oxygens (including phenoxy) is 1. The molecule has 1 aromatic heterocycles. The maximum Gasteiger partial charge on any atom is 0.256 e. The second-order valence-electron chi connectivity index (χ2n) is 9.56. The normalized spacial score (nSPS) is 13.1. The van der Waals surface area contributed by atoms with Crippen molar-refractivity contribution in [1.29, 1.82) is 0 Å². The summed E-state index contributed by atoms with van der Waals surface area (Å²) in [6, 6.07) is 14.3. The number of anilines is 1. The fraction of sp³-hybridized carbons (Fsp3) is 0.296. The summed E-state index contributed by atoms with van der Waals surface area (Å²) in [6.45, 7) is 7.84. The Morgan fingerprint density at radius 1 is 1.06 bits per heavy atom. The number of H-pyrrole nitrogens is 1. The van der Waals surface area contributed by atoms with Gasteiger partial charge < -0.3 is 14.8 Å². The third-order valence-corrected chi connectivity index (χ3v) is 6.10. The largest absolute Gasteiger partial charge is 0.496 e. The predicted octanol–water partition coefficient (Wildman–Crippen LogP) is 4.94. The highest BCUT2D eigenvalue weighted by molar-refractivity contribution is 7.92. The number of hydrogen-bond acceptors (Lipinski definition) is 5. The summed E-state index contributed by atoms with van der Waals surface area (Å²) < 4.78 is 31.1. The summed E-state index contributed by atoms with van der Waals surface area (Å²) >= 11 is 0. The summed E-state index contributed by atoms with van der Waals surface area (Å²) in [4.78, 5) is 15.6. The van der Waals surface area contributed by atoms with Crippen molar-refractivity contribution in [2.45, 2.75) is 39.2 Å². The van der Waals surface area contributed by atoms with Gasteiger partial charge in [-0.1, -0.05) is 45.1 Å². The van der Waals surface area contributed by atoms with Gasteiger partial charge in [0.25, 0.3) is 5.56 Å². The number of sulfonamides is 1. The van der Waals surface area contributed by atoms with Gasteiger partial charge in [-0.15, -0.1) is 0 Å². The van der Waals surface area contributed by atoms with Gasteiger partial charge in [0.1, 0.15) is 5.75 Å². The van der Waals surface area contributed by atoms with Crippen molar-refractivity contribution in [1.82, 2.24) is 4.98 Å². The SMILES string of the molecule is COc1c(/C=C/c2ccc(NS(C)(=O)=O)cc2)cc(-c2ccc(C(C)O)[nH]c2=O)cc1C(C)(C)C. The summed E-state index contributed by atoms with van der Waals surface area (Å²) in [5.41, 5.74) is 4.25. The molecule has 2 aromatic carbocycles. The molecule has 0 radical (unpaired) electrons. The van der Waals surface area contributed by atoms with Crippen LogP contribution in [0.5, 0.6) is 5.75 Å². The van der Waals surface area contributed by atoms with Gasteiger partial charge >= 0.3 is 0 Å². The van der Waals surface area contributed by atoms with Gasteiger partial charge in [-0.2, -0.15) is 0 Å². The highest BCUT2D eigenvalue weighted by Gasteiger charge is 2.23. The van der Waals surface area contributed by atoms with Gasteiger partial charge in [-0.3, -0.25) is 9.52 Å². The lowest BCUT2D eigenvalue weighted by Gasteiger charge is -2.24. The van der Waals surface area contributed by atoms with E-state index < -0.39 is 16.1 Å². The minimum absolute atomic E-state index is 0.255. The van der Waals surface area contributed by atoms with Crippen molar-refractivity contribution in [3.05, 3.63) is 81.3 Å². The molecule has 0 saturated carbocycles. The molecule has 1 unspecified atom stereocenters. The number of aliphatic hydroxyl groups is 1. The van der Waals surface area contributed by atoms with Crippen LogP contribution in [0, 0.1) is 0 Å². The lowest BCUT2D eigenvalue weighted by Crippen LogP contribution is -2.16. The Balaban J connectivity index is 2.09. The highest BCUT2D eigenvalue weighted by Crippen LogP contribution is 2.38. The fourth-order valence-corrected chi connectivity index (χ4v) is 4.30. The smallest absolute Gasteiger partial charge is 0.256 e. The molecule has 0 bridgehead atoms. The maximum absolute atomic E-state index is 12.8. The Kier molecular flexibility index (Phi) is 7.57. The van der Waals surface area contributed by atoms with Crippen LogP contribution in [0.1, 0.15) is 56.2 Å². The van der Waals surface area contributed by atoms with Crippen LogP contribution in [0.3, 0.4) is 0 Å². The third-order valence-electron chi connectivity index (χ3n) is 5.49. The van der Waals surface area contributed by atoms with Crippen LogP contribution >= 0.6 is 0 Å². The van der Waals surface area contributed by atoms with Crippen LogP contribution < -0.4 is 15.0 Å². The molecule has 3 rings (SSSR count). The van der Waals surface area contributed by atoms with E-state index in [0.29, 0.717) is 22.7 Å². The molecule has 0 aliphatic rings. The first kappa shape index (κ1) is 26.2. The second kappa shape index (κ2) is 10.1. The third kappa shape index (κ3) is 6.61. The van der Waals surface area contributed by atoms with E-state index in [-0.39, 0.29) is 11.0 Å². The average molecular weight is 497 g/mol. The number of aromatic nitrogens is 1. The zero-order valence-electron chi connectivity index (χ0n) is 20.8. The van der Waals surface area contributed by atoms with Crippen molar-refractivity contribution >= 4 is 27.9 Å². The monoisotopic (exact) mass is 496 g/mol. The van der Waals surface area contributed by atoms with Gasteiger partial charge in [0.15, 0.2) is 0 Å². The van der Waals surface area contributed by atoms with Crippen molar-refractivity contribution in [3.8, 4) is 16.9 Å². The quantitative estimate of drug-likeness (QED) is 0.401. The van der Waals surface area contributed by atoms with Crippen LogP contribution in [-0.2, 0) is 15.4 Å². The number of nitrogens with one attached hydrogen (secondary N) is 2. The number of pyridine rings is 1. The predicted molar refractivity (Wildman–Crippen MR) is 142 cm³/mol. The molecule has 0 spiro atoms. The Morgan fingerprint density at radius 3 is 2.23 bits per heavy atom. The molecule has 0 aliphatic carbocycles. The standard InChI is InChI=1S/C27H32N2O5S/c1-17(30)24-14-13-22(26(31)28-24)20-15-19(25(34-5)23(16-20)27(2,3)4)10-7-18-8-11-21(12-9-18)29-35(6,32)33/h7-17,29-30H,1-6H3,(H,28,31)/b10-7+. The van der Waals surface area contributed by atoms with E-state index in [1.807, 2.05) is 36.4 Å². The first-order chi connectivity index (χ1) is 16.3. The summed E-state index contributed by atoms with van der Waals surface area (Å²) in [5, 5.41) is 9.79. The van der Waals surface area contributed by atoms with Gasteiger partial charge in [-0.05, 0) is 59.9 Å². The molecule has 0 fully saturated rings. The van der Waals surface area contributed by atoms with Crippen LogP contribution in [0.25, 0.3) is 23.3 Å². The van der Waals surface area contributed by atoms with Crippen LogP contribution in [-0.4, -0.2) is 31.9 Å². The molecule has 0 aliphatic heterocycles. The highest BCUT2D eigenvalue weighted by atomic mass is 32.2. The van der Waals surface area contributed by atoms with Crippen molar-refractivity contribution in [3.63, 3.8) is 0 Å². The first-order valence-electron chi connectivity index (χ1n) is 11.2. The molecular formula is C27H32N2O5S. The van der Waals surface area contributed by atoms with E-state index in [1.54, 1.807) is 38.3 Å². The van der Waals surface area contributed by atoms with E-state index in [4.69, 9.17) is 4.74 Å². The molecule has 7 nitrogen and oxygen atoms in total. The fourth-order valence-electron chi connectivity index (χ4n) is 3.74.